The predicted molar refractivity (Wildman–Crippen MR) is 169 cm³/mol. The summed E-state index contributed by atoms with van der Waals surface area (Å²) in [6, 6.07) is 15.6. The summed E-state index contributed by atoms with van der Waals surface area (Å²) < 4.78 is 92.1. The second-order valence-corrected chi connectivity index (χ2v) is 10.3. The molecule has 0 amide bonds. The topological polar surface area (TPSA) is 25.8 Å². The van der Waals surface area contributed by atoms with Crippen LogP contribution in [0.15, 0.2) is 97.3 Å². The minimum atomic E-state index is -2.08. The van der Waals surface area contributed by atoms with E-state index in [-0.39, 0.29) is 68.6 Å². The first-order valence-corrected chi connectivity index (χ1v) is 13.2. The average Bonchev–Trinajstić information content (AvgIpc) is 3.44. The van der Waals surface area contributed by atoms with Gasteiger partial charge in [-0.2, -0.15) is 24.2 Å². The Labute approximate surface area is 273 Å². The maximum Gasteiger partial charge on any atom is 0.0840 e. The number of hydrogen-bond donors (Lipinski definition) is 0. The minimum absolute atomic E-state index is 0. The first-order valence-electron chi connectivity index (χ1n) is 18.4. The molecule has 3 aromatic carbocycles. The first-order chi connectivity index (χ1) is 23.6. The van der Waals surface area contributed by atoms with Gasteiger partial charge in [-0.25, -0.2) is 11.3 Å². The van der Waals surface area contributed by atoms with Crippen LogP contribution in [0.2, 0.25) is 0 Å². The normalized spacial score (nSPS) is 15.3. The summed E-state index contributed by atoms with van der Waals surface area (Å²) in [7, 11) is 0. The second kappa shape index (κ2) is 15.0. The molecular formula is C36H36IrN2S-2. The Bertz CT molecular complexity index is 2180. The number of benzene rings is 3. The number of nitrogens with zero attached hydrogens (tertiary/aromatic N) is 2. The van der Waals surface area contributed by atoms with E-state index in [2.05, 4.69) is 42.9 Å². The predicted octanol–water partition coefficient (Wildman–Crippen LogP) is 10.3. The summed E-state index contributed by atoms with van der Waals surface area (Å²) in [4.78, 5) is 7.86. The first kappa shape index (κ1) is 18.3. The van der Waals surface area contributed by atoms with Crippen molar-refractivity contribution in [1.82, 2.24) is 9.97 Å². The molecule has 0 N–H and O–H groups in total. The molecule has 4 heteroatoms. The molecule has 1 radical (unpaired) electrons. The van der Waals surface area contributed by atoms with E-state index in [1.807, 2.05) is 12.3 Å². The number of pyridine rings is 2. The fourth-order valence-corrected chi connectivity index (χ4v) is 4.95. The smallest absolute Gasteiger partial charge is 0.0840 e. The van der Waals surface area contributed by atoms with Gasteiger partial charge in [-0.15, -0.1) is 40.8 Å². The van der Waals surface area contributed by atoms with Gasteiger partial charge in [0, 0.05) is 48.9 Å². The van der Waals surface area contributed by atoms with Crippen LogP contribution < -0.4 is 0 Å². The van der Waals surface area contributed by atoms with Crippen molar-refractivity contribution in [3.05, 3.63) is 132 Å². The van der Waals surface area contributed by atoms with E-state index in [0.29, 0.717) is 32.5 Å². The molecule has 0 unspecified atom stereocenters. The van der Waals surface area contributed by atoms with Crippen LogP contribution in [0.25, 0.3) is 31.4 Å². The molecule has 207 valence electrons. The molecule has 0 spiro atoms. The molecule has 6 rings (SSSR count). The summed E-state index contributed by atoms with van der Waals surface area (Å²) in [5.41, 5.74) is 4.78. The maximum absolute atomic E-state index is 8.32. The molecular weight excluding hydrogens is 685 g/mol. The number of aromatic nitrogens is 2. The fraction of sp³-hybridized carbons (Fsp3) is 0.222. The molecule has 0 fully saturated rings. The van der Waals surface area contributed by atoms with Gasteiger partial charge in [0.1, 0.15) is 0 Å². The van der Waals surface area contributed by atoms with E-state index >= 15 is 0 Å². The quantitative estimate of drug-likeness (QED) is 0.169. The van der Waals surface area contributed by atoms with Crippen LogP contribution in [0, 0.1) is 25.9 Å². The van der Waals surface area contributed by atoms with Crippen molar-refractivity contribution in [3.63, 3.8) is 0 Å². The monoisotopic (exact) mass is 733 g/mol. The average molecular weight is 733 g/mol. The summed E-state index contributed by atoms with van der Waals surface area (Å²) in [5, 5.41) is 1.27. The Hall–Kier alpha value is -3.17. The van der Waals surface area contributed by atoms with Crippen LogP contribution >= 0.6 is 11.3 Å². The number of hydrogen-bond acceptors (Lipinski definition) is 3. The molecule has 3 aromatic heterocycles. The van der Waals surface area contributed by atoms with E-state index in [1.165, 1.54) is 28.5 Å². The Morgan fingerprint density at radius 2 is 1.82 bits per heavy atom. The van der Waals surface area contributed by atoms with Crippen molar-refractivity contribution in [1.29, 1.82) is 0 Å². The third-order valence-corrected chi connectivity index (χ3v) is 6.86. The van der Waals surface area contributed by atoms with Gasteiger partial charge in [0.05, 0.1) is 9.60 Å². The third kappa shape index (κ3) is 7.95. The zero-order chi connectivity index (χ0) is 38.2. The largest absolute Gasteiger partial charge is 0.304 e. The summed E-state index contributed by atoms with van der Waals surface area (Å²) in [5.74, 6) is -0.628. The van der Waals surface area contributed by atoms with Gasteiger partial charge in [-0.3, -0.25) is 4.98 Å². The second-order valence-electron chi connectivity index (χ2n) is 9.23. The molecule has 0 saturated carbocycles. The molecule has 0 bridgehead atoms. The Morgan fingerprint density at radius 1 is 0.975 bits per heavy atom. The van der Waals surface area contributed by atoms with Gasteiger partial charge in [-0.05, 0) is 60.4 Å². The molecule has 0 aliphatic carbocycles. The molecule has 2 nitrogen and oxygen atoms in total. The van der Waals surface area contributed by atoms with Gasteiger partial charge in [0.15, 0.2) is 0 Å². The molecule has 40 heavy (non-hydrogen) atoms. The number of thiophene rings is 1. The van der Waals surface area contributed by atoms with Gasteiger partial charge in [-0.1, -0.05) is 69.0 Å². The van der Waals surface area contributed by atoms with Crippen molar-refractivity contribution in [3.8, 4) is 11.3 Å². The maximum atomic E-state index is 8.32. The van der Waals surface area contributed by atoms with Crippen LogP contribution in [-0.4, -0.2) is 9.97 Å². The fourth-order valence-electron chi connectivity index (χ4n) is 3.94. The van der Waals surface area contributed by atoms with E-state index in [0.717, 1.165) is 22.2 Å². The van der Waals surface area contributed by atoms with Crippen LogP contribution in [0.5, 0.6) is 0 Å². The molecule has 3 heterocycles. The molecule has 6 aromatic rings. The van der Waals surface area contributed by atoms with E-state index in [9.17, 15) is 0 Å². The summed E-state index contributed by atoms with van der Waals surface area (Å²) >= 11 is 1.33. The van der Waals surface area contributed by atoms with Crippen molar-refractivity contribution >= 4 is 31.5 Å². The molecule has 0 atom stereocenters. The van der Waals surface area contributed by atoms with Crippen molar-refractivity contribution in [2.24, 2.45) is 0 Å². The van der Waals surface area contributed by atoms with Gasteiger partial charge in [0.2, 0.25) is 0 Å². The molecule has 0 aliphatic heterocycles. The van der Waals surface area contributed by atoms with Crippen LogP contribution in [0.1, 0.15) is 78.2 Å². The summed E-state index contributed by atoms with van der Waals surface area (Å²) in [6.07, 6.45) is 2.74. The van der Waals surface area contributed by atoms with E-state index < -0.39 is 12.7 Å². The van der Waals surface area contributed by atoms with Gasteiger partial charge < -0.3 is 4.98 Å². The number of aryl methyl sites for hydroxylation is 2. The molecule has 0 aliphatic rings. The Kier molecular flexibility index (Phi) is 6.86. The SMILES string of the molecule is [2H]C([2H])([2H])c1c[c-]c(-c2cc(C)c(C(C)C)cn2)cc1.[2H]c1c([2H])c(C([2H])(C)C)c2c(sc3c[c-]cc([2H])c32)c1[2H].[2H]c1cnc([2H])c([2H])c1[2H].[Ir]. The van der Waals surface area contributed by atoms with E-state index in [4.69, 9.17) is 16.4 Å². The standard InChI is InChI=1S/C16H18N.C15H13S.C5H5N.Ir/c1-11(2)15-10-17-16(9-13(15)4)14-7-5-12(3)6-8-14;1-10(2)11-7-5-9-14-15(11)12-6-3-4-8-13(12)16-14;1-2-4-6-5-3-1;/h5-7,9-11H,1-4H3;3,5-10H,1-2H3;1-5H;/q2*-1;;/i3D3;5D,6D,7D,9D,10D;1D,2D,3D,4D;. The Balaban J connectivity index is 0.000000221. The van der Waals surface area contributed by atoms with Crippen LogP contribution in [-0.2, 0) is 20.1 Å². The van der Waals surface area contributed by atoms with Crippen molar-refractivity contribution in [2.75, 3.05) is 0 Å². The van der Waals surface area contributed by atoms with Crippen LogP contribution in [0.4, 0.5) is 0 Å². The number of fused-ring (bicyclic) bond motifs is 3. The van der Waals surface area contributed by atoms with Crippen molar-refractivity contribution in [2.45, 2.75) is 53.3 Å². The Morgan fingerprint density at radius 3 is 2.50 bits per heavy atom. The number of rotatable bonds is 3. The zero-order valence-electron chi connectivity index (χ0n) is 34.8. The summed E-state index contributed by atoms with van der Waals surface area (Å²) in [6.45, 7) is 7.61. The minimum Gasteiger partial charge on any atom is -0.304 e. The van der Waals surface area contributed by atoms with Gasteiger partial charge >= 0.3 is 0 Å². The van der Waals surface area contributed by atoms with E-state index in [1.54, 1.807) is 38.1 Å². The van der Waals surface area contributed by atoms with Crippen molar-refractivity contribution < 1.29 is 36.6 Å². The van der Waals surface area contributed by atoms with Crippen LogP contribution in [0.3, 0.4) is 0 Å². The molecule has 0 saturated heterocycles. The van der Waals surface area contributed by atoms with Gasteiger partial charge in [0.25, 0.3) is 0 Å². The third-order valence-electron chi connectivity index (χ3n) is 5.81. The zero-order valence-corrected chi connectivity index (χ0v) is 26.0.